The van der Waals surface area contributed by atoms with Crippen molar-refractivity contribution in [2.75, 3.05) is 6.61 Å². The molecule has 0 unspecified atom stereocenters. The lowest BCUT2D eigenvalue weighted by Gasteiger charge is -2.37. The monoisotopic (exact) mass is 622 g/mol. The number of hydrogen-bond donors (Lipinski definition) is 0. The first-order valence-electron chi connectivity index (χ1n) is 16.6. The Balaban J connectivity index is 1.53. The molecular weight excluding hydrogens is 576 g/mol. The van der Waals surface area contributed by atoms with Gasteiger partial charge >= 0.3 is 5.69 Å². The molecule has 0 N–H and O–H groups in total. The van der Waals surface area contributed by atoms with Gasteiger partial charge < -0.3 is 9.30 Å². The Morgan fingerprint density at radius 1 is 0.739 bits per heavy atom. The highest BCUT2D eigenvalue weighted by molar-refractivity contribution is 5.31. The van der Waals surface area contributed by atoms with Gasteiger partial charge in [0, 0.05) is 25.2 Å². The predicted octanol–water partition coefficient (Wildman–Crippen LogP) is 7.23. The Morgan fingerprint density at radius 3 is 2.00 bits per heavy atom. The maximum absolute atomic E-state index is 14.0. The summed E-state index contributed by atoms with van der Waals surface area (Å²) >= 11 is 0. The molecule has 7 heteroatoms. The number of aryl methyl sites for hydroxylation is 1. The fourth-order valence-corrected chi connectivity index (χ4v) is 6.02. The van der Waals surface area contributed by atoms with Crippen LogP contribution in [-0.2, 0) is 47.1 Å². The van der Waals surface area contributed by atoms with Crippen molar-refractivity contribution in [3.8, 4) is 0 Å². The molecule has 3 aromatic carbocycles. The van der Waals surface area contributed by atoms with Gasteiger partial charge in [-0.05, 0) is 42.4 Å². The van der Waals surface area contributed by atoms with Crippen LogP contribution in [-0.4, -0.2) is 21.8 Å². The summed E-state index contributed by atoms with van der Waals surface area (Å²) in [6, 6.07) is 30.6. The van der Waals surface area contributed by atoms with Gasteiger partial charge in [0.1, 0.15) is 19.3 Å². The lowest BCUT2D eigenvalue weighted by Crippen LogP contribution is -2.44. The van der Waals surface area contributed by atoms with E-state index in [9.17, 15) is 9.59 Å². The second-order valence-corrected chi connectivity index (χ2v) is 12.1. The minimum Gasteiger partial charge on any atom is -0.363 e. The van der Waals surface area contributed by atoms with E-state index in [1.54, 1.807) is 10.8 Å². The van der Waals surface area contributed by atoms with Gasteiger partial charge in [-0.3, -0.25) is 9.36 Å². The first kappa shape index (κ1) is 33.3. The van der Waals surface area contributed by atoms with Gasteiger partial charge in [0.25, 0.3) is 5.56 Å². The maximum Gasteiger partial charge on any atom is 0.330 e. The molecule has 1 aromatic heterocycles. The zero-order valence-electron chi connectivity index (χ0n) is 27.1. The Morgan fingerprint density at radius 2 is 1.35 bits per heavy atom. The summed E-state index contributed by atoms with van der Waals surface area (Å²) in [5.74, 6) is -0.0208. The quantitative estimate of drug-likeness (QED) is 0.0571. The topological polar surface area (TPSA) is 71.7 Å². The third kappa shape index (κ3) is 8.81. The zero-order valence-corrected chi connectivity index (χ0v) is 27.1. The number of nitrogens with zero attached hydrogens (tertiary/aromatic N) is 2. The number of hydrogen-bond acceptors (Lipinski definition) is 5. The Hall–Kier alpha value is -4.04. The Kier molecular flexibility index (Phi) is 12.3. The van der Waals surface area contributed by atoms with E-state index in [0.717, 1.165) is 37.7 Å². The summed E-state index contributed by atoms with van der Waals surface area (Å²) in [6.45, 7) is 5.60. The third-order valence-corrected chi connectivity index (χ3v) is 8.60. The van der Waals surface area contributed by atoms with Crippen LogP contribution in [0.1, 0.15) is 67.9 Å². The van der Waals surface area contributed by atoms with Crippen molar-refractivity contribution in [2.24, 2.45) is 5.92 Å². The van der Waals surface area contributed by atoms with Gasteiger partial charge in [-0.1, -0.05) is 129 Å². The van der Waals surface area contributed by atoms with Crippen molar-refractivity contribution in [1.82, 2.24) is 9.13 Å². The van der Waals surface area contributed by atoms with E-state index >= 15 is 0 Å². The average Bonchev–Trinajstić information content (AvgIpc) is 3.09. The maximum atomic E-state index is 14.0. The second kappa shape index (κ2) is 17.0. The summed E-state index contributed by atoms with van der Waals surface area (Å²) in [7, 11) is 0. The van der Waals surface area contributed by atoms with E-state index in [1.807, 2.05) is 54.6 Å². The van der Waals surface area contributed by atoms with Crippen LogP contribution in [0.5, 0.6) is 0 Å². The zero-order chi connectivity index (χ0) is 32.1. The van der Waals surface area contributed by atoms with Crippen molar-refractivity contribution in [2.45, 2.75) is 84.3 Å². The van der Waals surface area contributed by atoms with Crippen LogP contribution in [0.15, 0.2) is 118 Å². The first-order valence-corrected chi connectivity index (χ1v) is 16.6. The molecule has 2 heterocycles. The number of unbranched alkanes of at least 4 members (excludes halogenated alkanes) is 2. The number of aromatic nitrogens is 2. The van der Waals surface area contributed by atoms with Crippen molar-refractivity contribution < 1.29 is 14.5 Å². The van der Waals surface area contributed by atoms with Crippen LogP contribution < -0.4 is 11.2 Å². The summed E-state index contributed by atoms with van der Waals surface area (Å²) < 4.78 is 9.89. The van der Waals surface area contributed by atoms with E-state index in [2.05, 4.69) is 56.3 Å². The normalized spacial score (nSPS) is 18.0. The average molecular weight is 623 g/mol. The van der Waals surface area contributed by atoms with Crippen LogP contribution in [0.4, 0.5) is 0 Å². The van der Waals surface area contributed by atoms with Crippen molar-refractivity contribution in [3.05, 3.63) is 152 Å². The molecule has 0 radical (unpaired) electrons. The van der Waals surface area contributed by atoms with Crippen molar-refractivity contribution in [3.63, 3.8) is 0 Å². The number of rotatable bonds is 16. The predicted molar refractivity (Wildman–Crippen MR) is 181 cm³/mol. The van der Waals surface area contributed by atoms with Gasteiger partial charge in [0.15, 0.2) is 0 Å². The molecule has 0 fully saturated rings. The smallest absolute Gasteiger partial charge is 0.330 e. The Bertz CT molecular complexity index is 1650. The van der Waals surface area contributed by atoms with Crippen LogP contribution in [0.2, 0.25) is 0 Å². The van der Waals surface area contributed by atoms with E-state index < -0.39 is 12.2 Å². The van der Waals surface area contributed by atoms with Gasteiger partial charge in [0.2, 0.25) is 0 Å². The van der Waals surface area contributed by atoms with Gasteiger partial charge in [0.05, 0.1) is 11.7 Å². The van der Waals surface area contributed by atoms with Crippen LogP contribution in [0, 0.1) is 5.92 Å². The highest BCUT2D eigenvalue weighted by Crippen LogP contribution is 2.36. The highest BCUT2D eigenvalue weighted by atomic mass is 17.2. The molecule has 1 aliphatic rings. The SMILES string of the molecule is CCCCn1cc([C@@H]2C=C(Cc3ccccc3)[C@H](Cc3ccccc3)[C@@H](COOCc3ccccc3)O2)c(=O)n(CCCC)c1=O. The van der Waals surface area contributed by atoms with Crippen LogP contribution in [0.25, 0.3) is 0 Å². The van der Waals surface area contributed by atoms with Crippen LogP contribution in [0.3, 0.4) is 0 Å². The summed E-state index contributed by atoms with van der Waals surface area (Å²) in [6.07, 6.45) is 7.68. The number of benzene rings is 3. The van der Waals surface area contributed by atoms with Gasteiger partial charge in [-0.15, -0.1) is 0 Å². The molecule has 0 spiro atoms. The molecule has 242 valence electrons. The summed E-state index contributed by atoms with van der Waals surface area (Å²) in [5, 5.41) is 0. The fraction of sp³-hybridized carbons (Fsp3) is 0.385. The minimum atomic E-state index is -0.637. The van der Waals surface area contributed by atoms with E-state index in [-0.39, 0.29) is 23.8 Å². The van der Waals surface area contributed by atoms with Gasteiger partial charge in [-0.2, -0.15) is 0 Å². The third-order valence-electron chi connectivity index (χ3n) is 8.60. The molecule has 0 aliphatic carbocycles. The summed E-state index contributed by atoms with van der Waals surface area (Å²) in [4.78, 5) is 38.9. The Labute approximate surface area is 272 Å². The minimum absolute atomic E-state index is 0.0208. The van der Waals surface area contributed by atoms with Crippen molar-refractivity contribution >= 4 is 0 Å². The molecule has 0 saturated heterocycles. The number of ether oxygens (including phenoxy) is 1. The molecule has 5 rings (SSSR count). The molecule has 4 aromatic rings. The molecule has 46 heavy (non-hydrogen) atoms. The summed E-state index contributed by atoms with van der Waals surface area (Å²) in [5.41, 5.74) is 4.50. The van der Waals surface area contributed by atoms with E-state index in [1.165, 1.54) is 21.3 Å². The molecule has 0 amide bonds. The first-order chi connectivity index (χ1) is 22.6. The second-order valence-electron chi connectivity index (χ2n) is 12.1. The lowest BCUT2D eigenvalue weighted by molar-refractivity contribution is -0.320. The molecule has 0 bridgehead atoms. The molecular formula is C39H46N2O5. The standard InChI is InChI=1S/C39H46N2O5/c1-3-5-22-40-27-35(38(42)41(39(40)43)23-6-4-2)36-26-33(24-30-16-10-7-11-17-30)34(25-31-18-12-8-13-19-31)37(46-36)29-45-44-28-32-20-14-9-15-21-32/h7-21,26-27,34,36-37H,3-6,22-25,28-29H2,1-2H3/t34-,36-,37+/m0/s1. The molecule has 7 nitrogen and oxygen atoms in total. The molecule has 1 aliphatic heterocycles. The largest absolute Gasteiger partial charge is 0.363 e. The van der Waals surface area contributed by atoms with E-state index in [0.29, 0.717) is 31.7 Å². The van der Waals surface area contributed by atoms with Crippen molar-refractivity contribution in [1.29, 1.82) is 0 Å². The molecule has 0 saturated carbocycles. The van der Waals surface area contributed by atoms with Gasteiger partial charge in [-0.25, -0.2) is 14.6 Å². The van der Waals surface area contributed by atoms with Crippen LogP contribution >= 0.6 is 0 Å². The van der Waals surface area contributed by atoms with E-state index in [4.69, 9.17) is 14.5 Å². The lowest BCUT2D eigenvalue weighted by atomic mass is 9.81. The fourth-order valence-electron chi connectivity index (χ4n) is 6.02. The highest BCUT2D eigenvalue weighted by Gasteiger charge is 2.35. The molecule has 3 atom stereocenters.